The topological polar surface area (TPSA) is 13.0 Å². The predicted octanol–water partition coefficient (Wildman–Crippen LogP) is 28.1. The average Bonchev–Trinajstić information content (AvgIpc) is 1.70. The minimum atomic E-state index is 1.04. The summed E-state index contributed by atoms with van der Waals surface area (Å²) >= 11 is 9.18. The fourth-order valence-corrected chi connectivity index (χ4v) is 14.1. The molecule has 0 bridgehead atoms. The Labute approximate surface area is 600 Å². The van der Waals surface area contributed by atoms with Gasteiger partial charge in [0.15, 0.2) is 0 Å². The van der Waals surface area contributed by atoms with Crippen molar-refractivity contribution in [3.05, 3.63) is 405 Å². The van der Waals surface area contributed by atoms with Gasteiger partial charge in [0.1, 0.15) is 0 Å². The van der Waals surface area contributed by atoms with Crippen LogP contribution >= 0.6 is 43.2 Å². The molecule has 99 heavy (non-hydrogen) atoms. The highest BCUT2D eigenvalue weighted by atomic mass is 79.9. The molecule has 15 rings (SSSR count). The third kappa shape index (κ3) is 15.0. The molecule has 0 saturated carbocycles. The minimum absolute atomic E-state index is 1.04. The van der Waals surface area contributed by atoms with Crippen LogP contribution in [0.25, 0.3) is 68.8 Å². The quantitative estimate of drug-likeness (QED) is 0.0705. The molecule has 0 aliphatic rings. The highest BCUT2D eigenvalue weighted by Crippen LogP contribution is 2.41. The lowest BCUT2D eigenvalue weighted by Crippen LogP contribution is -2.10. The number of nitrogens with zero attached hydrogens (tertiary/aromatic N) is 4. The summed E-state index contributed by atoms with van der Waals surface area (Å²) in [5, 5.41) is 2.53. The van der Waals surface area contributed by atoms with Crippen molar-refractivity contribution in [3.8, 4) is 0 Å². The highest BCUT2D eigenvalue weighted by molar-refractivity contribution is 9.10. The van der Waals surface area contributed by atoms with Crippen LogP contribution in [0.5, 0.6) is 0 Å². The molecule has 0 aliphatic heterocycles. The van der Waals surface area contributed by atoms with Crippen LogP contribution in [0.3, 0.4) is 0 Å². The van der Waals surface area contributed by atoms with Crippen molar-refractivity contribution < 1.29 is 0 Å². The fourth-order valence-electron chi connectivity index (χ4n) is 12.5. The minimum Gasteiger partial charge on any atom is -0.311 e. The smallest absolute Gasteiger partial charge is 0.0467 e. The van der Waals surface area contributed by atoms with Gasteiger partial charge in [-0.2, -0.15) is 0 Å². The van der Waals surface area contributed by atoms with E-state index in [0.717, 1.165) is 122 Å². The van der Waals surface area contributed by atoms with Gasteiger partial charge >= 0.3 is 0 Å². The molecule has 15 aromatic rings. The molecule has 0 atom stereocenters. The number of hydrogen-bond donors (Lipinski definition) is 0. The lowest BCUT2D eigenvalue weighted by atomic mass is 10.0. The molecule has 0 aliphatic carbocycles. The first-order valence-electron chi connectivity index (χ1n) is 33.1. The van der Waals surface area contributed by atoms with Gasteiger partial charge in [0, 0.05) is 97.4 Å². The van der Waals surface area contributed by atoms with Gasteiger partial charge in [0.05, 0.1) is 0 Å². The molecular formula is C92H66Br2N4S. The first kappa shape index (κ1) is 63.5. The molecule has 0 spiro atoms. The number of benzene rings is 14. The van der Waals surface area contributed by atoms with Gasteiger partial charge in [-0.1, -0.05) is 238 Å². The van der Waals surface area contributed by atoms with Gasteiger partial charge in [-0.3, -0.25) is 0 Å². The van der Waals surface area contributed by atoms with E-state index in [-0.39, 0.29) is 0 Å². The monoisotopic (exact) mass is 1420 g/mol. The van der Waals surface area contributed by atoms with Gasteiger partial charge in [-0.25, -0.2) is 0 Å². The lowest BCUT2D eigenvalue weighted by Gasteiger charge is -2.26. The molecule has 14 aromatic carbocycles. The fraction of sp³-hybridized carbons (Fsp3) is 0. The third-order valence-corrected chi connectivity index (χ3v) is 19.7. The van der Waals surface area contributed by atoms with Crippen LogP contribution in [0.15, 0.2) is 361 Å². The van der Waals surface area contributed by atoms with Crippen molar-refractivity contribution in [2.24, 2.45) is 0 Å². The first-order valence-corrected chi connectivity index (χ1v) is 35.5. The molecule has 1 heterocycles. The van der Waals surface area contributed by atoms with E-state index in [9.17, 15) is 0 Å². The summed E-state index contributed by atoms with van der Waals surface area (Å²) in [4.78, 5) is 9.19. The summed E-state index contributed by atoms with van der Waals surface area (Å²) < 4.78 is 4.63. The second kappa shape index (κ2) is 29.8. The maximum atomic E-state index is 3.67. The number of para-hydroxylation sites is 4. The first-order chi connectivity index (χ1) is 48.8. The SMILES string of the molecule is Brc1ccc(N(c2ccc(/C=C/c3ccc(N(c4ccccc4)c4ccccc4)cc3)cc2)c2ccc(/C=C/c3ccc4sc5ccc(/C=C/c6ccc(N(c7ccc(Br)cc7)c7cccc(/C=C/c8ccc(N(c9ccccc9)c9ccccc9)cc8)c7)cc6)cc5c4c3)cc2)cc1. The lowest BCUT2D eigenvalue weighted by molar-refractivity contribution is 1.28. The van der Waals surface area contributed by atoms with E-state index in [1.165, 1.54) is 20.2 Å². The molecule has 0 radical (unpaired) electrons. The van der Waals surface area contributed by atoms with Crippen molar-refractivity contribution in [2.45, 2.75) is 0 Å². The van der Waals surface area contributed by atoms with Crippen molar-refractivity contribution in [2.75, 3.05) is 19.6 Å². The molecule has 4 nitrogen and oxygen atoms in total. The van der Waals surface area contributed by atoms with Gasteiger partial charge in [0.2, 0.25) is 0 Å². The average molecular weight is 1420 g/mol. The van der Waals surface area contributed by atoms with E-state index in [2.05, 4.69) is 452 Å². The summed E-state index contributed by atoms with van der Waals surface area (Å²) in [6.07, 6.45) is 17.6. The second-order valence-electron chi connectivity index (χ2n) is 24.1. The third-order valence-electron chi connectivity index (χ3n) is 17.5. The predicted molar refractivity (Wildman–Crippen MR) is 435 cm³/mol. The van der Waals surface area contributed by atoms with E-state index < -0.39 is 0 Å². The van der Waals surface area contributed by atoms with Crippen LogP contribution in [0, 0.1) is 0 Å². The zero-order valence-electron chi connectivity index (χ0n) is 54.1. The van der Waals surface area contributed by atoms with Crippen LogP contribution in [0.4, 0.5) is 68.2 Å². The Morgan fingerprint density at radius 2 is 0.394 bits per heavy atom. The maximum absolute atomic E-state index is 3.67. The number of fused-ring (bicyclic) bond motifs is 3. The summed E-state index contributed by atoms with van der Waals surface area (Å²) in [6.45, 7) is 0. The number of rotatable bonds is 20. The van der Waals surface area contributed by atoms with Gasteiger partial charge in [-0.05, 0) is 239 Å². The van der Waals surface area contributed by atoms with E-state index >= 15 is 0 Å². The van der Waals surface area contributed by atoms with E-state index in [4.69, 9.17) is 0 Å². The van der Waals surface area contributed by atoms with E-state index in [0.29, 0.717) is 0 Å². The molecule has 0 fully saturated rings. The van der Waals surface area contributed by atoms with E-state index in [1.807, 2.05) is 11.3 Å². The normalized spacial score (nSPS) is 11.6. The Morgan fingerprint density at radius 3 is 0.677 bits per heavy atom. The standard InChI is InChI=1S/C92H66Br2N4S/c93-75-44-58-86(59-45-75)97(83-52-34-68(35-53-83)25-24-67-32-48-81(49-33-67)95(77-15-5-1-6-16-77)78-17-7-2-8-18-78)84-54-38-70(39-55-84)27-30-73-42-62-91-89(65-73)90-66-74(43-63-92(90)99-91)31-28-71-40-56-85(57-41-71)98(87-60-46-76(94)47-61-87)88-23-13-14-72(64-88)29-26-69-36-50-82(51-37-69)96(79-19-9-3-10-20-79)80-21-11-4-12-22-80/h1-66H/b25-24+,29-26+,30-27+,31-28+. The van der Waals surface area contributed by atoms with Crippen LogP contribution in [-0.4, -0.2) is 0 Å². The largest absolute Gasteiger partial charge is 0.311 e. The second-order valence-corrected chi connectivity index (χ2v) is 27.1. The Kier molecular flexibility index (Phi) is 19.1. The molecule has 0 amide bonds. The molecular weight excluding hydrogens is 1350 g/mol. The Balaban J connectivity index is 0.616. The van der Waals surface area contributed by atoms with Crippen molar-refractivity contribution in [3.63, 3.8) is 0 Å². The summed E-state index contributed by atoms with van der Waals surface area (Å²) in [7, 11) is 0. The number of hydrogen-bond acceptors (Lipinski definition) is 5. The zero-order chi connectivity index (χ0) is 66.7. The maximum Gasteiger partial charge on any atom is 0.0467 e. The molecule has 0 N–H and O–H groups in total. The van der Waals surface area contributed by atoms with Crippen molar-refractivity contribution in [1.82, 2.24) is 0 Å². The zero-order valence-corrected chi connectivity index (χ0v) is 58.0. The Bertz CT molecular complexity index is 5250. The highest BCUT2D eigenvalue weighted by Gasteiger charge is 2.17. The van der Waals surface area contributed by atoms with Crippen LogP contribution in [-0.2, 0) is 0 Å². The summed E-state index contributed by atoms with van der Waals surface area (Å²) in [5.41, 5.74) is 22.2. The molecule has 0 unspecified atom stereocenters. The van der Waals surface area contributed by atoms with Gasteiger partial charge < -0.3 is 19.6 Å². The molecule has 474 valence electrons. The van der Waals surface area contributed by atoms with Gasteiger partial charge in [0.25, 0.3) is 0 Å². The molecule has 0 saturated heterocycles. The van der Waals surface area contributed by atoms with Crippen LogP contribution < -0.4 is 19.6 Å². The number of anilines is 12. The Morgan fingerprint density at radius 1 is 0.182 bits per heavy atom. The van der Waals surface area contributed by atoms with Crippen LogP contribution in [0.2, 0.25) is 0 Å². The Hall–Kier alpha value is -11.6. The molecule has 1 aromatic heterocycles. The van der Waals surface area contributed by atoms with Crippen molar-refractivity contribution >= 4 is 180 Å². The van der Waals surface area contributed by atoms with Crippen molar-refractivity contribution in [1.29, 1.82) is 0 Å². The van der Waals surface area contributed by atoms with E-state index in [1.54, 1.807) is 0 Å². The van der Waals surface area contributed by atoms with Gasteiger partial charge in [-0.15, -0.1) is 11.3 Å². The summed E-state index contributed by atoms with van der Waals surface area (Å²) in [5.74, 6) is 0. The summed E-state index contributed by atoms with van der Waals surface area (Å²) in [6, 6.07) is 125. The number of halogens is 2. The molecule has 7 heteroatoms. The van der Waals surface area contributed by atoms with Crippen LogP contribution in [0.1, 0.15) is 44.5 Å². The number of thiophene rings is 1.